The lowest BCUT2D eigenvalue weighted by atomic mass is 10.2. The minimum Gasteiger partial charge on any atom is -0.340 e. The first kappa shape index (κ1) is 10.4. The molecule has 2 aromatic rings. The quantitative estimate of drug-likeness (QED) is 0.756. The lowest BCUT2D eigenvalue weighted by Crippen LogP contribution is -2.27. The van der Waals surface area contributed by atoms with Crippen LogP contribution in [0.15, 0.2) is 36.7 Å². The first-order valence-corrected chi connectivity index (χ1v) is 5.89. The Morgan fingerprint density at radius 1 is 1.24 bits per heavy atom. The third kappa shape index (κ3) is 1.63. The Balaban J connectivity index is 2.13. The monoisotopic (exact) mass is 244 g/mol. The molecular formula is C12H12N4S. The van der Waals surface area contributed by atoms with E-state index in [9.17, 15) is 0 Å². The highest BCUT2D eigenvalue weighted by Crippen LogP contribution is 2.39. The first-order chi connectivity index (χ1) is 8.27. The Labute approximate surface area is 105 Å². The summed E-state index contributed by atoms with van der Waals surface area (Å²) < 4.78 is 0. The molecule has 0 saturated heterocycles. The predicted octanol–water partition coefficient (Wildman–Crippen LogP) is 2.56. The zero-order valence-corrected chi connectivity index (χ0v) is 10.2. The van der Waals surface area contributed by atoms with Crippen molar-refractivity contribution in [3.63, 3.8) is 0 Å². The van der Waals surface area contributed by atoms with E-state index in [2.05, 4.69) is 27.9 Å². The number of fused-ring (bicyclic) bond motifs is 1. The summed E-state index contributed by atoms with van der Waals surface area (Å²) in [4.78, 5) is 10.7. The van der Waals surface area contributed by atoms with Crippen molar-refractivity contribution in [2.24, 2.45) is 0 Å². The van der Waals surface area contributed by atoms with Gasteiger partial charge in [-0.2, -0.15) is 0 Å². The standard InChI is InChI=1S/C12H12N4S/c1-8-4-2-7-14-11(8)16-9-5-3-6-13-10(9)15-12(16)17/h2-7,12,17H,1H3,(H,13,15). The molecule has 0 amide bonds. The highest BCUT2D eigenvalue weighted by atomic mass is 32.1. The smallest absolute Gasteiger partial charge is 0.152 e. The zero-order chi connectivity index (χ0) is 11.8. The van der Waals surface area contributed by atoms with Gasteiger partial charge in [-0.15, -0.1) is 12.6 Å². The van der Waals surface area contributed by atoms with E-state index in [0.29, 0.717) is 0 Å². The van der Waals surface area contributed by atoms with Crippen molar-refractivity contribution in [1.29, 1.82) is 0 Å². The Morgan fingerprint density at radius 3 is 2.82 bits per heavy atom. The van der Waals surface area contributed by atoms with Crippen LogP contribution in [-0.4, -0.2) is 15.5 Å². The van der Waals surface area contributed by atoms with Gasteiger partial charge in [0.2, 0.25) is 0 Å². The van der Waals surface area contributed by atoms with Gasteiger partial charge in [-0.25, -0.2) is 9.97 Å². The van der Waals surface area contributed by atoms with Crippen molar-refractivity contribution < 1.29 is 0 Å². The van der Waals surface area contributed by atoms with Crippen LogP contribution in [0.2, 0.25) is 0 Å². The van der Waals surface area contributed by atoms with Crippen molar-refractivity contribution in [3.8, 4) is 0 Å². The molecule has 0 aromatic carbocycles. The molecule has 0 aliphatic carbocycles. The summed E-state index contributed by atoms with van der Waals surface area (Å²) in [6.07, 6.45) is 3.55. The van der Waals surface area contributed by atoms with Gasteiger partial charge >= 0.3 is 0 Å². The van der Waals surface area contributed by atoms with E-state index in [0.717, 1.165) is 22.9 Å². The number of aryl methyl sites for hydroxylation is 1. The Bertz CT molecular complexity index is 558. The summed E-state index contributed by atoms with van der Waals surface area (Å²) in [7, 11) is 0. The van der Waals surface area contributed by atoms with Gasteiger partial charge in [0.15, 0.2) is 11.3 Å². The van der Waals surface area contributed by atoms with Crippen LogP contribution >= 0.6 is 12.6 Å². The molecule has 1 atom stereocenters. The van der Waals surface area contributed by atoms with E-state index in [1.165, 1.54) is 0 Å². The number of nitrogens with one attached hydrogen (secondary N) is 1. The molecule has 17 heavy (non-hydrogen) atoms. The largest absolute Gasteiger partial charge is 0.340 e. The third-order valence-corrected chi connectivity index (χ3v) is 3.13. The van der Waals surface area contributed by atoms with Crippen LogP contribution in [0.1, 0.15) is 5.56 Å². The fourth-order valence-corrected chi connectivity index (χ4v) is 2.34. The normalized spacial score (nSPS) is 17.8. The van der Waals surface area contributed by atoms with Crippen molar-refractivity contribution in [3.05, 3.63) is 42.2 Å². The van der Waals surface area contributed by atoms with Crippen LogP contribution in [0.3, 0.4) is 0 Å². The molecule has 2 aromatic heterocycles. The number of rotatable bonds is 1. The summed E-state index contributed by atoms with van der Waals surface area (Å²) in [6.45, 7) is 2.04. The second-order valence-electron chi connectivity index (χ2n) is 3.90. The molecule has 0 saturated carbocycles. The maximum atomic E-state index is 4.53. The average molecular weight is 244 g/mol. The van der Waals surface area contributed by atoms with Gasteiger partial charge in [0, 0.05) is 12.4 Å². The van der Waals surface area contributed by atoms with Gasteiger partial charge < -0.3 is 5.32 Å². The zero-order valence-electron chi connectivity index (χ0n) is 9.33. The number of pyridine rings is 2. The summed E-state index contributed by atoms with van der Waals surface area (Å²) in [5, 5.41) is 3.21. The molecular weight excluding hydrogens is 232 g/mol. The van der Waals surface area contributed by atoms with Crippen LogP contribution in [0.4, 0.5) is 17.3 Å². The average Bonchev–Trinajstić information content (AvgIpc) is 2.66. The number of hydrogen-bond acceptors (Lipinski definition) is 5. The van der Waals surface area contributed by atoms with Crippen LogP contribution in [0, 0.1) is 6.92 Å². The summed E-state index contributed by atoms with van der Waals surface area (Å²) in [5.41, 5.74) is 1.99. The molecule has 5 heteroatoms. The maximum Gasteiger partial charge on any atom is 0.152 e. The van der Waals surface area contributed by atoms with Crippen LogP contribution < -0.4 is 10.2 Å². The first-order valence-electron chi connectivity index (χ1n) is 5.38. The second-order valence-corrected chi connectivity index (χ2v) is 4.39. The molecule has 0 radical (unpaired) electrons. The maximum absolute atomic E-state index is 4.53. The molecule has 0 fully saturated rings. The third-order valence-electron chi connectivity index (χ3n) is 2.77. The second kappa shape index (κ2) is 3.92. The Kier molecular flexibility index (Phi) is 2.40. The molecule has 0 spiro atoms. The van der Waals surface area contributed by atoms with Gasteiger partial charge in [0.1, 0.15) is 5.82 Å². The van der Waals surface area contributed by atoms with E-state index in [1.54, 1.807) is 12.4 Å². The minimum absolute atomic E-state index is 0.131. The predicted molar refractivity (Wildman–Crippen MR) is 71.7 cm³/mol. The SMILES string of the molecule is Cc1cccnc1N1c2cccnc2NC1S. The molecule has 0 bridgehead atoms. The van der Waals surface area contributed by atoms with Gasteiger partial charge in [-0.1, -0.05) is 6.07 Å². The van der Waals surface area contributed by atoms with Crippen molar-refractivity contribution in [2.75, 3.05) is 10.2 Å². The summed E-state index contributed by atoms with van der Waals surface area (Å²) in [5.74, 6) is 1.75. The van der Waals surface area contributed by atoms with Crippen LogP contribution in [0.5, 0.6) is 0 Å². The van der Waals surface area contributed by atoms with E-state index >= 15 is 0 Å². The van der Waals surface area contributed by atoms with E-state index < -0.39 is 0 Å². The van der Waals surface area contributed by atoms with Gasteiger partial charge in [-0.05, 0) is 30.7 Å². The number of hydrogen-bond donors (Lipinski definition) is 2. The highest BCUT2D eigenvalue weighted by Gasteiger charge is 2.29. The van der Waals surface area contributed by atoms with Crippen molar-refractivity contribution >= 4 is 30.0 Å². The fourth-order valence-electron chi connectivity index (χ4n) is 1.98. The fraction of sp³-hybridized carbons (Fsp3) is 0.167. The number of anilines is 3. The molecule has 1 unspecified atom stereocenters. The minimum atomic E-state index is -0.131. The highest BCUT2D eigenvalue weighted by molar-refractivity contribution is 7.81. The van der Waals surface area contributed by atoms with Gasteiger partial charge in [0.05, 0.1) is 5.69 Å². The number of thiol groups is 1. The Hall–Kier alpha value is -1.75. The topological polar surface area (TPSA) is 41.1 Å². The Morgan fingerprint density at radius 2 is 2.00 bits per heavy atom. The molecule has 1 aliphatic heterocycles. The molecule has 1 N–H and O–H groups in total. The lowest BCUT2D eigenvalue weighted by Gasteiger charge is -2.23. The van der Waals surface area contributed by atoms with Gasteiger partial charge in [-0.3, -0.25) is 4.90 Å². The number of aromatic nitrogens is 2. The van der Waals surface area contributed by atoms with Crippen LogP contribution in [0.25, 0.3) is 0 Å². The van der Waals surface area contributed by atoms with Crippen LogP contribution in [-0.2, 0) is 0 Å². The summed E-state index contributed by atoms with van der Waals surface area (Å²) >= 11 is 4.53. The molecule has 4 nitrogen and oxygen atoms in total. The molecule has 86 valence electrons. The van der Waals surface area contributed by atoms with E-state index in [-0.39, 0.29) is 5.50 Å². The molecule has 3 rings (SSSR count). The van der Waals surface area contributed by atoms with E-state index in [4.69, 9.17) is 0 Å². The summed E-state index contributed by atoms with van der Waals surface area (Å²) in [6, 6.07) is 7.90. The van der Waals surface area contributed by atoms with Gasteiger partial charge in [0.25, 0.3) is 0 Å². The van der Waals surface area contributed by atoms with Crippen molar-refractivity contribution in [2.45, 2.75) is 12.4 Å². The number of nitrogens with zero attached hydrogens (tertiary/aromatic N) is 3. The lowest BCUT2D eigenvalue weighted by molar-refractivity contribution is 0.988. The van der Waals surface area contributed by atoms with E-state index in [1.807, 2.05) is 36.1 Å². The van der Waals surface area contributed by atoms with Crippen molar-refractivity contribution in [1.82, 2.24) is 9.97 Å². The molecule has 1 aliphatic rings. The molecule has 3 heterocycles.